The summed E-state index contributed by atoms with van der Waals surface area (Å²) in [6.45, 7) is -2.21. The van der Waals surface area contributed by atoms with Crippen LogP contribution in [-0.4, -0.2) is 37.6 Å². The number of halogens is 5. The number of carbonyl (C=O) groups excluding carboxylic acids is 2. The van der Waals surface area contributed by atoms with E-state index in [9.17, 15) is 27.2 Å². The summed E-state index contributed by atoms with van der Waals surface area (Å²) in [5.41, 5.74) is -0.107. The molecular formula is C12H8ClF4NO3. The van der Waals surface area contributed by atoms with Gasteiger partial charge in [-0.3, -0.25) is 9.59 Å². The first kappa shape index (κ1) is 15.7. The van der Waals surface area contributed by atoms with E-state index < -0.39 is 36.9 Å². The number of hydrogen-bond donors (Lipinski definition) is 0. The zero-order valence-electron chi connectivity index (χ0n) is 10.3. The molecule has 114 valence electrons. The van der Waals surface area contributed by atoms with Gasteiger partial charge in [0.25, 0.3) is 11.7 Å². The van der Waals surface area contributed by atoms with Crippen molar-refractivity contribution in [3.8, 4) is 0 Å². The van der Waals surface area contributed by atoms with Crippen LogP contribution >= 0.6 is 11.6 Å². The molecule has 0 saturated heterocycles. The number of alkyl halides is 3. The van der Waals surface area contributed by atoms with Crippen LogP contribution in [0.15, 0.2) is 12.1 Å². The lowest BCUT2D eigenvalue weighted by molar-refractivity contribution is -0.173. The SMILES string of the molecule is O=C1C(=O)N(CCOCC(F)(F)F)c2cc(F)c(Cl)cc21. The molecule has 0 aromatic heterocycles. The molecule has 4 nitrogen and oxygen atoms in total. The molecule has 1 amide bonds. The molecule has 0 atom stereocenters. The Morgan fingerprint density at radius 1 is 1.24 bits per heavy atom. The monoisotopic (exact) mass is 325 g/mol. The number of Topliss-reactive ketones (excluding diaryl/α,β-unsaturated/α-hetero) is 1. The lowest BCUT2D eigenvalue weighted by Crippen LogP contribution is -2.33. The van der Waals surface area contributed by atoms with Gasteiger partial charge in [0.05, 0.1) is 22.9 Å². The van der Waals surface area contributed by atoms with E-state index in [0.717, 1.165) is 17.0 Å². The fourth-order valence-electron chi connectivity index (χ4n) is 1.85. The molecule has 0 radical (unpaired) electrons. The minimum Gasteiger partial charge on any atom is -0.370 e. The van der Waals surface area contributed by atoms with Crippen molar-refractivity contribution in [3.63, 3.8) is 0 Å². The number of anilines is 1. The summed E-state index contributed by atoms with van der Waals surface area (Å²) in [6.07, 6.45) is -4.48. The molecule has 2 rings (SSSR count). The maximum absolute atomic E-state index is 13.4. The lowest BCUT2D eigenvalue weighted by Gasteiger charge is -2.17. The van der Waals surface area contributed by atoms with Gasteiger partial charge in [-0.05, 0) is 12.1 Å². The van der Waals surface area contributed by atoms with Crippen LogP contribution in [0.5, 0.6) is 0 Å². The van der Waals surface area contributed by atoms with Gasteiger partial charge in [0.15, 0.2) is 0 Å². The number of benzene rings is 1. The fraction of sp³-hybridized carbons (Fsp3) is 0.333. The zero-order chi connectivity index (χ0) is 15.8. The van der Waals surface area contributed by atoms with Gasteiger partial charge >= 0.3 is 6.18 Å². The molecule has 0 spiro atoms. The first-order valence-electron chi connectivity index (χ1n) is 5.70. The van der Waals surface area contributed by atoms with Crippen molar-refractivity contribution in [1.82, 2.24) is 0 Å². The van der Waals surface area contributed by atoms with Crippen molar-refractivity contribution in [1.29, 1.82) is 0 Å². The van der Waals surface area contributed by atoms with E-state index in [4.69, 9.17) is 11.6 Å². The zero-order valence-corrected chi connectivity index (χ0v) is 11.1. The van der Waals surface area contributed by atoms with Gasteiger partial charge in [-0.1, -0.05) is 11.6 Å². The van der Waals surface area contributed by atoms with Gasteiger partial charge < -0.3 is 9.64 Å². The normalized spacial score (nSPS) is 14.8. The van der Waals surface area contributed by atoms with Crippen molar-refractivity contribution >= 4 is 29.0 Å². The Morgan fingerprint density at radius 2 is 1.90 bits per heavy atom. The molecule has 1 aliphatic heterocycles. The first-order valence-corrected chi connectivity index (χ1v) is 6.08. The van der Waals surface area contributed by atoms with Crippen LogP contribution in [0.4, 0.5) is 23.2 Å². The standard InChI is InChI=1S/C12H8ClF4NO3/c13-7-3-6-9(4-8(7)14)18(11(20)10(6)19)1-2-21-5-12(15,16)17/h3-4H,1-2,5H2. The second-order valence-electron chi connectivity index (χ2n) is 4.24. The Morgan fingerprint density at radius 3 is 2.52 bits per heavy atom. The number of amides is 1. The van der Waals surface area contributed by atoms with Gasteiger partial charge in [-0.25, -0.2) is 4.39 Å². The predicted octanol–water partition coefficient (Wildman–Crippen LogP) is 2.59. The van der Waals surface area contributed by atoms with E-state index in [1.807, 2.05) is 0 Å². The van der Waals surface area contributed by atoms with Crippen LogP contribution in [0.1, 0.15) is 10.4 Å². The van der Waals surface area contributed by atoms with E-state index in [-0.39, 0.29) is 22.8 Å². The summed E-state index contributed by atoms with van der Waals surface area (Å²) in [5, 5.41) is -0.315. The summed E-state index contributed by atoms with van der Waals surface area (Å²) in [5.74, 6) is -2.68. The third-order valence-electron chi connectivity index (χ3n) is 2.74. The summed E-state index contributed by atoms with van der Waals surface area (Å²) >= 11 is 5.52. The lowest BCUT2D eigenvalue weighted by atomic mass is 10.1. The van der Waals surface area contributed by atoms with Crippen molar-refractivity contribution in [2.24, 2.45) is 0 Å². The van der Waals surface area contributed by atoms with Crippen LogP contribution in [-0.2, 0) is 9.53 Å². The molecule has 0 fully saturated rings. The third kappa shape index (κ3) is 3.33. The predicted molar refractivity (Wildman–Crippen MR) is 65.0 cm³/mol. The third-order valence-corrected chi connectivity index (χ3v) is 3.03. The van der Waals surface area contributed by atoms with Crippen LogP contribution < -0.4 is 4.90 Å². The molecule has 0 saturated carbocycles. The molecule has 0 aliphatic carbocycles. The quantitative estimate of drug-likeness (QED) is 0.485. The molecule has 1 heterocycles. The molecular weight excluding hydrogens is 318 g/mol. The molecule has 0 unspecified atom stereocenters. The van der Waals surface area contributed by atoms with Gasteiger partial charge in [-0.15, -0.1) is 0 Å². The Bertz CT molecular complexity index is 603. The topological polar surface area (TPSA) is 46.6 Å². The van der Waals surface area contributed by atoms with Crippen molar-refractivity contribution < 1.29 is 31.9 Å². The highest BCUT2D eigenvalue weighted by Crippen LogP contribution is 2.32. The number of rotatable bonds is 4. The number of ketones is 1. The Hall–Kier alpha value is -1.67. The number of fused-ring (bicyclic) bond motifs is 1. The number of hydrogen-bond acceptors (Lipinski definition) is 3. The maximum Gasteiger partial charge on any atom is 0.411 e. The summed E-state index contributed by atoms with van der Waals surface area (Å²) in [7, 11) is 0. The molecule has 1 aromatic carbocycles. The first-order chi connectivity index (χ1) is 9.70. The highest BCUT2D eigenvalue weighted by molar-refractivity contribution is 6.52. The second kappa shape index (κ2) is 5.61. The van der Waals surface area contributed by atoms with Crippen molar-refractivity contribution in [2.45, 2.75) is 6.18 Å². The van der Waals surface area contributed by atoms with E-state index in [1.54, 1.807) is 0 Å². The van der Waals surface area contributed by atoms with E-state index in [0.29, 0.717) is 0 Å². The molecule has 1 aromatic rings. The summed E-state index contributed by atoms with van der Waals surface area (Å²) in [6, 6.07) is 1.91. The van der Waals surface area contributed by atoms with Crippen molar-refractivity contribution in [2.75, 3.05) is 24.7 Å². The summed E-state index contributed by atoms with van der Waals surface area (Å²) in [4.78, 5) is 24.2. The number of ether oxygens (including phenoxy) is 1. The van der Waals surface area contributed by atoms with Crippen molar-refractivity contribution in [3.05, 3.63) is 28.5 Å². The molecule has 21 heavy (non-hydrogen) atoms. The van der Waals surface area contributed by atoms with Gasteiger partial charge in [0.2, 0.25) is 0 Å². The van der Waals surface area contributed by atoms with Crippen LogP contribution in [0.25, 0.3) is 0 Å². The molecule has 0 bridgehead atoms. The number of carbonyl (C=O) groups is 2. The average Bonchev–Trinajstić information content (AvgIpc) is 2.59. The Kier molecular flexibility index (Phi) is 4.20. The minimum atomic E-state index is -4.48. The summed E-state index contributed by atoms with van der Waals surface area (Å²) < 4.78 is 53.5. The average molecular weight is 326 g/mol. The highest BCUT2D eigenvalue weighted by atomic mass is 35.5. The largest absolute Gasteiger partial charge is 0.411 e. The van der Waals surface area contributed by atoms with E-state index >= 15 is 0 Å². The van der Waals surface area contributed by atoms with Crippen LogP contribution in [0.3, 0.4) is 0 Å². The van der Waals surface area contributed by atoms with Crippen LogP contribution in [0, 0.1) is 5.82 Å². The second-order valence-corrected chi connectivity index (χ2v) is 4.64. The number of nitrogens with zero attached hydrogens (tertiary/aromatic N) is 1. The molecule has 1 aliphatic rings. The smallest absolute Gasteiger partial charge is 0.370 e. The Labute approximate surface area is 121 Å². The van der Waals surface area contributed by atoms with Gasteiger partial charge in [-0.2, -0.15) is 13.2 Å². The van der Waals surface area contributed by atoms with E-state index in [1.165, 1.54) is 0 Å². The van der Waals surface area contributed by atoms with Gasteiger partial charge in [0.1, 0.15) is 12.4 Å². The molecule has 0 N–H and O–H groups in total. The van der Waals surface area contributed by atoms with Gasteiger partial charge in [0, 0.05) is 6.54 Å². The van der Waals surface area contributed by atoms with Crippen LogP contribution in [0.2, 0.25) is 5.02 Å². The fourth-order valence-corrected chi connectivity index (χ4v) is 2.02. The molecule has 9 heteroatoms. The Balaban J connectivity index is 2.10. The van der Waals surface area contributed by atoms with E-state index in [2.05, 4.69) is 4.74 Å². The maximum atomic E-state index is 13.4. The minimum absolute atomic E-state index is 0.0255. The highest BCUT2D eigenvalue weighted by Gasteiger charge is 2.36.